The second-order valence-corrected chi connectivity index (χ2v) is 8.01. The van der Waals surface area contributed by atoms with E-state index in [9.17, 15) is 9.59 Å². The van der Waals surface area contributed by atoms with Crippen LogP contribution in [-0.4, -0.2) is 31.8 Å². The Morgan fingerprint density at radius 1 is 1.09 bits per heavy atom. The van der Waals surface area contributed by atoms with Gasteiger partial charge in [-0.05, 0) is 36.1 Å². The molecule has 1 amide bonds. The number of benzene rings is 2. The molecule has 1 heterocycles. The number of rotatable bonds is 7. The van der Waals surface area contributed by atoms with Gasteiger partial charge in [-0.2, -0.15) is 0 Å². The van der Waals surface area contributed by atoms with E-state index in [0.717, 1.165) is 16.7 Å². The molecule has 0 saturated heterocycles. The molecule has 1 aliphatic heterocycles. The van der Waals surface area contributed by atoms with Crippen molar-refractivity contribution in [3.05, 3.63) is 94.8 Å². The smallest absolute Gasteiger partial charge is 0.337 e. The van der Waals surface area contributed by atoms with Gasteiger partial charge in [-0.1, -0.05) is 54.6 Å². The lowest BCUT2D eigenvalue weighted by Gasteiger charge is -2.35. The normalized spacial score (nSPS) is 21.6. The Morgan fingerprint density at radius 2 is 1.84 bits per heavy atom. The minimum atomic E-state index is -0.558. The first-order valence-corrected chi connectivity index (χ1v) is 10.7. The third kappa shape index (κ3) is 4.60. The number of methoxy groups -OCH3 is 1. The van der Waals surface area contributed by atoms with Gasteiger partial charge in [0.15, 0.2) is 0 Å². The number of carbonyl (C=O) groups excluding carboxylic acids is 2. The second-order valence-electron chi connectivity index (χ2n) is 8.01. The molecule has 3 atom stereocenters. The van der Waals surface area contributed by atoms with Crippen molar-refractivity contribution in [1.29, 1.82) is 0 Å². The van der Waals surface area contributed by atoms with Crippen LogP contribution in [0.4, 0.5) is 0 Å². The number of carbonyl (C=O) groups is 2. The maximum atomic E-state index is 12.7. The van der Waals surface area contributed by atoms with Crippen LogP contribution in [0.15, 0.2) is 78.1 Å². The fourth-order valence-corrected chi connectivity index (χ4v) is 4.32. The summed E-state index contributed by atoms with van der Waals surface area (Å²) in [5, 5.41) is 3.01. The lowest BCUT2D eigenvalue weighted by atomic mass is 9.83. The third-order valence-corrected chi connectivity index (χ3v) is 6.04. The van der Waals surface area contributed by atoms with Crippen molar-refractivity contribution in [2.45, 2.75) is 26.2 Å². The highest BCUT2D eigenvalue weighted by Crippen LogP contribution is 2.43. The van der Waals surface area contributed by atoms with E-state index < -0.39 is 12.3 Å². The number of fused-ring (bicyclic) bond motifs is 1. The highest BCUT2D eigenvalue weighted by Gasteiger charge is 2.44. The molecule has 1 aliphatic carbocycles. The first kappa shape index (κ1) is 21.8. The van der Waals surface area contributed by atoms with Crippen LogP contribution in [0, 0.1) is 18.8 Å². The quantitative estimate of drug-likeness (QED) is 0.529. The van der Waals surface area contributed by atoms with Gasteiger partial charge in [-0.3, -0.25) is 4.79 Å². The van der Waals surface area contributed by atoms with Crippen LogP contribution in [0.5, 0.6) is 0 Å². The van der Waals surface area contributed by atoms with Crippen LogP contribution < -0.4 is 5.32 Å². The maximum Gasteiger partial charge on any atom is 0.337 e. The average molecular weight is 434 g/mol. The summed E-state index contributed by atoms with van der Waals surface area (Å²) in [6.45, 7) is 2.66. The Morgan fingerprint density at radius 3 is 2.59 bits per heavy atom. The molecule has 6 heteroatoms. The highest BCUT2D eigenvalue weighted by atomic mass is 16.7. The summed E-state index contributed by atoms with van der Waals surface area (Å²) in [7, 11) is 1.36. The van der Waals surface area contributed by atoms with Gasteiger partial charge in [-0.25, -0.2) is 4.79 Å². The molecule has 2 aromatic rings. The largest absolute Gasteiger partial charge is 0.471 e. The summed E-state index contributed by atoms with van der Waals surface area (Å²) in [5.74, 6) is -0.827. The molecule has 0 aromatic heterocycles. The lowest BCUT2D eigenvalue weighted by Crippen LogP contribution is -2.39. The van der Waals surface area contributed by atoms with E-state index in [1.807, 2.05) is 61.5 Å². The first-order chi connectivity index (χ1) is 15.6. The van der Waals surface area contributed by atoms with Crippen molar-refractivity contribution >= 4 is 11.9 Å². The molecule has 0 saturated carbocycles. The summed E-state index contributed by atoms with van der Waals surface area (Å²) in [4.78, 5) is 25.0. The van der Waals surface area contributed by atoms with Crippen molar-refractivity contribution in [2.24, 2.45) is 11.8 Å². The number of hydrogen-bond donors (Lipinski definition) is 1. The number of hydrogen-bond acceptors (Lipinski definition) is 5. The molecule has 32 heavy (non-hydrogen) atoms. The molecule has 0 fully saturated rings. The number of allylic oxidation sites excluding steroid dienone is 1. The maximum absolute atomic E-state index is 12.7. The highest BCUT2D eigenvalue weighted by molar-refractivity contribution is 5.95. The summed E-state index contributed by atoms with van der Waals surface area (Å²) < 4.78 is 16.9. The number of aryl methyl sites for hydroxylation is 1. The fourth-order valence-electron chi connectivity index (χ4n) is 4.32. The van der Waals surface area contributed by atoms with E-state index in [-0.39, 0.29) is 17.7 Å². The monoisotopic (exact) mass is 433 g/mol. The third-order valence-electron chi connectivity index (χ3n) is 6.04. The minimum absolute atomic E-state index is 0.109. The van der Waals surface area contributed by atoms with E-state index >= 15 is 0 Å². The number of esters is 1. The first-order valence-electron chi connectivity index (χ1n) is 10.7. The van der Waals surface area contributed by atoms with E-state index in [0.29, 0.717) is 30.7 Å². The Labute approximate surface area is 187 Å². The van der Waals surface area contributed by atoms with Crippen LogP contribution in [-0.2, 0) is 25.6 Å². The standard InChI is InChI=1S/C26H27NO5/c1-17-8-6-7-11-20(17)24(28)27-14-19-12-13-21-22(25(29)30-2)16-32-26(23(19)21)31-15-18-9-4-3-5-10-18/h3-12,16,21,23,26H,13-15H2,1-2H3,(H,27,28)/t21-,23-,26-/m1/s1. The van der Waals surface area contributed by atoms with E-state index in [1.165, 1.54) is 13.4 Å². The number of nitrogens with one attached hydrogen (secondary N) is 1. The van der Waals surface area contributed by atoms with Crippen LogP contribution >= 0.6 is 0 Å². The van der Waals surface area contributed by atoms with Gasteiger partial charge < -0.3 is 19.5 Å². The molecule has 1 N–H and O–H groups in total. The molecule has 0 bridgehead atoms. The molecule has 0 unspecified atom stereocenters. The lowest BCUT2D eigenvalue weighted by molar-refractivity contribution is -0.160. The van der Waals surface area contributed by atoms with Crippen molar-refractivity contribution in [3.8, 4) is 0 Å². The summed E-state index contributed by atoms with van der Waals surface area (Å²) >= 11 is 0. The Bertz CT molecular complexity index is 1040. The Balaban J connectivity index is 1.49. The van der Waals surface area contributed by atoms with Crippen molar-refractivity contribution < 1.29 is 23.8 Å². The molecular weight excluding hydrogens is 406 g/mol. The van der Waals surface area contributed by atoms with Gasteiger partial charge in [0, 0.05) is 18.0 Å². The van der Waals surface area contributed by atoms with E-state index in [4.69, 9.17) is 14.2 Å². The molecule has 2 aromatic carbocycles. The summed E-state index contributed by atoms with van der Waals surface area (Å²) in [5.41, 5.74) is 4.09. The van der Waals surface area contributed by atoms with Crippen LogP contribution in [0.25, 0.3) is 0 Å². The van der Waals surface area contributed by atoms with Gasteiger partial charge in [0.05, 0.1) is 31.5 Å². The van der Waals surface area contributed by atoms with E-state index in [1.54, 1.807) is 0 Å². The van der Waals surface area contributed by atoms with Gasteiger partial charge in [0.25, 0.3) is 5.91 Å². The van der Waals surface area contributed by atoms with Gasteiger partial charge >= 0.3 is 5.97 Å². The van der Waals surface area contributed by atoms with Gasteiger partial charge in [0.1, 0.15) is 0 Å². The Kier molecular flexibility index (Phi) is 6.71. The number of ether oxygens (including phenoxy) is 3. The predicted molar refractivity (Wildman–Crippen MR) is 119 cm³/mol. The molecule has 4 rings (SSSR count). The second kappa shape index (κ2) is 9.83. The number of amides is 1. The summed E-state index contributed by atoms with van der Waals surface area (Å²) in [6.07, 6.45) is 3.64. The summed E-state index contributed by atoms with van der Waals surface area (Å²) in [6, 6.07) is 17.3. The molecule has 0 radical (unpaired) electrons. The molecule has 6 nitrogen and oxygen atoms in total. The van der Waals surface area contributed by atoms with Crippen LogP contribution in [0.1, 0.15) is 27.9 Å². The zero-order valence-corrected chi connectivity index (χ0v) is 18.2. The van der Waals surface area contributed by atoms with Crippen molar-refractivity contribution in [3.63, 3.8) is 0 Å². The minimum Gasteiger partial charge on any atom is -0.471 e. The topological polar surface area (TPSA) is 73.9 Å². The van der Waals surface area contributed by atoms with E-state index in [2.05, 4.69) is 11.4 Å². The van der Waals surface area contributed by atoms with Crippen molar-refractivity contribution in [2.75, 3.05) is 13.7 Å². The SMILES string of the molecule is COC(=O)C1=CO[C@@H](OCc2ccccc2)[C@@H]2C(CNC(=O)c3ccccc3C)=CC[C@H]12. The average Bonchev–Trinajstić information content (AvgIpc) is 3.26. The zero-order valence-electron chi connectivity index (χ0n) is 18.2. The molecular formula is C26H27NO5. The van der Waals surface area contributed by atoms with Crippen LogP contribution in [0.2, 0.25) is 0 Å². The fraction of sp³-hybridized carbons (Fsp3) is 0.308. The molecule has 0 spiro atoms. The Hall–Kier alpha value is -3.38. The zero-order chi connectivity index (χ0) is 22.5. The molecule has 2 aliphatic rings. The van der Waals surface area contributed by atoms with Gasteiger partial charge in [-0.15, -0.1) is 0 Å². The van der Waals surface area contributed by atoms with Crippen LogP contribution in [0.3, 0.4) is 0 Å². The van der Waals surface area contributed by atoms with Crippen molar-refractivity contribution in [1.82, 2.24) is 5.32 Å². The molecule has 166 valence electrons. The van der Waals surface area contributed by atoms with Gasteiger partial charge in [0.2, 0.25) is 6.29 Å². The predicted octanol–water partition coefficient (Wildman–Crippen LogP) is 3.92.